The monoisotopic (exact) mass is 303 g/mol. The molecule has 0 spiro atoms. The zero-order valence-corrected chi connectivity index (χ0v) is 12.2. The lowest BCUT2D eigenvalue weighted by molar-refractivity contribution is -0.140. The number of carboxylic acids is 2. The molecule has 0 radical (unpaired) electrons. The molecule has 0 heterocycles. The lowest BCUT2D eigenvalue weighted by Crippen LogP contribution is -2.53. The normalized spacial score (nSPS) is 13.1. The van der Waals surface area contributed by atoms with Crippen LogP contribution < -0.4 is 16.0 Å². The molecule has 0 bridgehead atoms. The minimum Gasteiger partial charge on any atom is -0.481 e. The Kier molecular flexibility index (Phi) is 7.80. The summed E-state index contributed by atoms with van der Waals surface area (Å²) in [7, 11) is 0. The van der Waals surface area contributed by atoms with E-state index in [1.165, 1.54) is 6.92 Å². The Labute approximate surface area is 122 Å². The van der Waals surface area contributed by atoms with Gasteiger partial charge < -0.3 is 26.2 Å². The van der Waals surface area contributed by atoms with E-state index < -0.39 is 36.0 Å². The van der Waals surface area contributed by atoms with Crippen LogP contribution in [0.25, 0.3) is 0 Å². The number of hydrogen-bond acceptors (Lipinski definition) is 4. The molecule has 0 aliphatic carbocycles. The van der Waals surface area contributed by atoms with Crippen LogP contribution in [0.15, 0.2) is 0 Å². The van der Waals surface area contributed by atoms with Crippen LogP contribution in [-0.2, 0) is 14.4 Å². The van der Waals surface area contributed by atoms with E-state index in [0.717, 1.165) is 0 Å². The molecule has 0 aliphatic rings. The van der Waals surface area contributed by atoms with Gasteiger partial charge in [0.15, 0.2) is 0 Å². The molecule has 0 saturated heterocycles. The Morgan fingerprint density at radius 3 is 1.95 bits per heavy atom. The summed E-state index contributed by atoms with van der Waals surface area (Å²) in [5.74, 6) is -2.91. The molecule has 0 aromatic rings. The number of urea groups is 1. The maximum atomic E-state index is 11.6. The lowest BCUT2D eigenvalue weighted by atomic mass is 10.1. The van der Waals surface area contributed by atoms with E-state index in [-0.39, 0.29) is 18.9 Å². The van der Waals surface area contributed by atoms with Gasteiger partial charge in [-0.05, 0) is 27.2 Å². The van der Waals surface area contributed by atoms with Crippen LogP contribution in [0.2, 0.25) is 0 Å². The van der Waals surface area contributed by atoms with Gasteiger partial charge in [-0.15, -0.1) is 0 Å². The van der Waals surface area contributed by atoms with Crippen molar-refractivity contribution in [2.45, 2.75) is 51.7 Å². The highest BCUT2D eigenvalue weighted by Gasteiger charge is 2.23. The van der Waals surface area contributed by atoms with Crippen LogP contribution >= 0.6 is 0 Å². The lowest BCUT2D eigenvalue weighted by Gasteiger charge is -2.18. The van der Waals surface area contributed by atoms with Crippen molar-refractivity contribution in [3.63, 3.8) is 0 Å². The first-order chi connectivity index (χ1) is 9.63. The van der Waals surface area contributed by atoms with Gasteiger partial charge in [-0.25, -0.2) is 9.59 Å². The predicted octanol–water partition coefficient (Wildman–Crippen LogP) is -0.483. The average Bonchev–Trinajstić information content (AvgIpc) is 2.32. The first-order valence-electron chi connectivity index (χ1n) is 6.45. The van der Waals surface area contributed by atoms with Gasteiger partial charge in [0.1, 0.15) is 12.1 Å². The summed E-state index contributed by atoms with van der Waals surface area (Å²) in [5.41, 5.74) is 0. The van der Waals surface area contributed by atoms with Gasteiger partial charge in [0.25, 0.3) is 0 Å². The maximum Gasteiger partial charge on any atom is 0.326 e. The molecular weight excluding hydrogens is 282 g/mol. The predicted molar refractivity (Wildman–Crippen MR) is 72.7 cm³/mol. The Morgan fingerprint density at radius 2 is 1.52 bits per heavy atom. The number of carbonyl (C=O) groups excluding carboxylic acids is 2. The summed E-state index contributed by atoms with van der Waals surface area (Å²) < 4.78 is 0. The second kappa shape index (κ2) is 8.77. The number of rotatable bonds is 8. The fraction of sp³-hybridized carbons (Fsp3) is 0.667. The Bertz CT molecular complexity index is 410. The van der Waals surface area contributed by atoms with Gasteiger partial charge in [0.2, 0.25) is 5.91 Å². The summed E-state index contributed by atoms with van der Waals surface area (Å²) >= 11 is 0. The number of aliphatic carboxylic acids is 2. The van der Waals surface area contributed by atoms with Crippen LogP contribution in [0.4, 0.5) is 4.79 Å². The molecule has 5 N–H and O–H groups in total. The minimum atomic E-state index is -1.34. The van der Waals surface area contributed by atoms with Crippen molar-refractivity contribution in [2.75, 3.05) is 0 Å². The molecule has 21 heavy (non-hydrogen) atoms. The van der Waals surface area contributed by atoms with Gasteiger partial charge in [0, 0.05) is 12.5 Å². The van der Waals surface area contributed by atoms with E-state index in [2.05, 4.69) is 16.0 Å². The summed E-state index contributed by atoms with van der Waals surface area (Å²) in [6.45, 7) is 4.97. The molecule has 9 nitrogen and oxygen atoms in total. The van der Waals surface area contributed by atoms with Crippen LogP contribution in [0.3, 0.4) is 0 Å². The van der Waals surface area contributed by atoms with Crippen molar-refractivity contribution in [2.24, 2.45) is 0 Å². The first-order valence-corrected chi connectivity index (χ1v) is 6.45. The van der Waals surface area contributed by atoms with Crippen molar-refractivity contribution < 1.29 is 29.4 Å². The van der Waals surface area contributed by atoms with Crippen molar-refractivity contribution in [1.29, 1.82) is 0 Å². The molecule has 9 heteroatoms. The first kappa shape index (κ1) is 18.7. The van der Waals surface area contributed by atoms with Crippen molar-refractivity contribution in [3.8, 4) is 0 Å². The second-order valence-electron chi connectivity index (χ2n) is 4.83. The van der Waals surface area contributed by atoms with E-state index in [0.29, 0.717) is 0 Å². The molecule has 0 aliphatic heterocycles. The average molecular weight is 303 g/mol. The molecular formula is C12H21N3O6. The van der Waals surface area contributed by atoms with Crippen molar-refractivity contribution in [1.82, 2.24) is 16.0 Å². The maximum absolute atomic E-state index is 11.6. The van der Waals surface area contributed by atoms with Crippen LogP contribution in [0.1, 0.15) is 33.6 Å². The molecule has 0 aromatic heterocycles. The number of carbonyl (C=O) groups is 4. The minimum absolute atomic E-state index is 0.0906. The van der Waals surface area contributed by atoms with Gasteiger partial charge >= 0.3 is 18.0 Å². The smallest absolute Gasteiger partial charge is 0.326 e. The summed E-state index contributed by atoms with van der Waals surface area (Å²) in [5, 5.41) is 24.4. The highest BCUT2D eigenvalue weighted by Crippen LogP contribution is 1.98. The molecule has 0 saturated carbocycles. The third-order valence-electron chi connectivity index (χ3n) is 2.42. The van der Waals surface area contributed by atoms with Crippen LogP contribution in [0.5, 0.6) is 0 Å². The fourth-order valence-electron chi connectivity index (χ4n) is 1.40. The van der Waals surface area contributed by atoms with E-state index in [1.807, 2.05) is 0 Å². The van der Waals surface area contributed by atoms with Crippen molar-refractivity contribution in [3.05, 3.63) is 0 Å². The van der Waals surface area contributed by atoms with Crippen molar-refractivity contribution >= 4 is 23.9 Å². The Balaban J connectivity index is 4.40. The number of nitrogens with one attached hydrogen (secondary N) is 3. The highest BCUT2D eigenvalue weighted by atomic mass is 16.4. The van der Waals surface area contributed by atoms with Crippen LogP contribution in [0, 0.1) is 0 Å². The molecule has 3 amide bonds. The van der Waals surface area contributed by atoms with Gasteiger partial charge in [-0.3, -0.25) is 9.59 Å². The molecule has 0 rings (SSSR count). The van der Waals surface area contributed by atoms with E-state index in [9.17, 15) is 19.2 Å². The highest BCUT2D eigenvalue weighted by molar-refractivity contribution is 5.88. The van der Waals surface area contributed by atoms with E-state index >= 15 is 0 Å². The number of amides is 3. The van der Waals surface area contributed by atoms with Gasteiger partial charge in [-0.2, -0.15) is 0 Å². The molecule has 2 unspecified atom stereocenters. The largest absolute Gasteiger partial charge is 0.481 e. The zero-order chi connectivity index (χ0) is 16.6. The zero-order valence-electron chi connectivity index (χ0n) is 12.2. The van der Waals surface area contributed by atoms with E-state index in [4.69, 9.17) is 10.2 Å². The third-order valence-corrected chi connectivity index (χ3v) is 2.42. The Morgan fingerprint density at radius 1 is 0.952 bits per heavy atom. The van der Waals surface area contributed by atoms with Crippen LogP contribution in [-0.4, -0.2) is 52.2 Å². The molecule has 0 aromatic carbocycles. The number of hydrogen-bond donors (Lipinski definition) is 5. The molecule has 0 fully saturated rings. The second-order valence-corrected chi connectivity index (χ2v) is 4.83. The standard InChI is InChI=1S/C12H21N3O6/c1-6(2)13-10(18)7(3)14-12(21)15-8(11(19)20)4-5-9(16)17/h6-8H,4-5H2,1-3H3,(H,13,18)(H,16,17)(H,19,20)(H2,14,15,21). The summed E-state index contributed by atoms with van der Waals surface area (Å²) in [6.07, 6.45) is -0.634. The third kappa shape index (κ3) is 8.45. The van der Waals surface area contributed by atoms with Gasteiger partial charge in [-0.1, -0.05) is 0 Å². The van der Waals surface area contributed by atoms with E-state index in [1.54, 1.807) is 13.8 Å². The quantitative estimate of drug-likeness (QED) is 0.409. The Hall–Kier alpha value is -2.32. The topological polar surface area (TPSA) is 145 Å². The summed E-state index contributed by atoms with van der Waals surface area (Å²) in [4.78, 5) is 44.5. The van der Waals surface area contributed by atoms with Gasteiger partial charge in [0.05, 0.1) is 0 Å². The fourth-order valence-corrected chi connectivity index (χ4v) is 1.40. The molecule has 120 valence electrons. The SMILES string of the molecule is CC(C)NC(=O)C(C)NC(=O)NC(CCC(=O)O)C(=O)O. The summed E-state index contributed by atoms with van der Waals surface area (Å²) in [6, 6.07) is -3.12. The number of carboxylic acid groups (broad SMARTS) is 2. The molecule has 2 atom stereocenters.